The average Bonchev–Trinajstić information content (AvgIpc) is 2.79. The number of hydrogen-bond donors (Lipinski definition) is 1. The number of furan rings is 1. The first-order valence-electron chi connectivity index (χ1n) is 5.64. The topological polar surface area (TPSA) is 51.0 Å². The molecule has 17 heavy (non-hydrogen) atoms. The molecule has 0 unspecified atom stereocenters. The molecule has 0 spiro atoms. The summed E-state index contributed by atoms with van der Waals surface area (Å²) in [5.74, 6) is 1.31. The molecule has 0 radical (unpaired) electrons. The molecular weight excluding hydrogens is 214 g/mol. The van der Waals surface area contributed by atoms with Gasteiger partial charge in [-0.05, 0) is 32.9 Å². The maximum Gasteiger partial charge on any atom is 0.195 e. The van der Waals surface area contributed by atoms with E-state index in [1.54, 1.807) is 6.26 Å². The van der Waals surface area contributed by atoms with Crippen molar-refractivity contribution in [1.82, 2.24) is 15.3 Å². The van der Waals surface area contributed by atoms with Crippen molar-refractivity contribution in [2.24, 2.45) is 0 Å². The molecule has 0 saturated carbocycles. The summed E-state index contributed by atoms with van der Waals surface area (Å²) in [7, 11) is 0. The molecule has 2 heterocycles. The average molecular weight is 231 g/mol. The van der Waals surface area contributed by atoms with Crippen molar-refractivity contribution in [3.63, 3.8) is 0 Å². The SMILES string of the molecule is CC(C)(C)NCc1cnc(-c2ccco2)nc1. The van der Waals surface area contributed by atoms with Crippen LogP contribution in [0.5, 0.6) is 0 Å². The zero-order valence-corrected chi connectivity index (χ0v) is 10.4. The number of nitrogens with zero attached hydrogens (tertiary/aromatic N) is 2. The van der Waals surface area contributed by atoms with Crippen LogP contribution in [-0.4, -0.2) is 15.5 Å². The summed E-state index contributed by atoms with van der Waals surface area (Å²) >= 11 is 0. The second-order valence-corrected chi connectivity index (χ2v) is 5.00. The summed E-state index contributed by atoms with van der Waals surface area (Å²) in [4.78, 5) is 8.55. The highest BCUT2D eigenvalue weighted by molar-refractivity contribution is 5.45. The quantitative estimate of drug-likeness (QED) is 0.882. The smallest absolute Gasteiger partial charge is 0.195 e. The Kier molecular flexibility index (Phi) is 3.24. The number of rotatable bonds is 3. The minimum atomic E-state index is 0.0969. The van der Waals surface area contributed by atoms with Crippen LogP contribution in [0.4, 0.5) is 0 Å². The van der Waals surface area contributed by atoms with Gasteiger partial charge in [-0.25, -0.2) is 9.97 Å². The summed E-state index contributed by atoms with van der Waals surface area (Å²) in [5.41, 5.74) is 1.16. The summed E-state index contributed by atoms with van der Waals surface area (Å²) < 4.78 is 5.23. The van der Waals surface area contributed by atoms with Crippen molar-refractivity contribution in [3.8, 4) is 11.6 Å². The van der Waals surface area contributed by atoms with Crippen LogP contribution in [0.25, 0.3) is 11.6 Å². The highest BCUT2D eigenvalue weighted by atomic mass is 16.3. The van der Waals surface area contributed by atoms with Gasteiger partial charge in [-0.1, -0.05) is 0 Å². The van der Waals surface area contributed by atoms with Gasteiger partial charge in [0.1, 0.15) is 0 Å². The molecule has 2 rings (SSSR count). The molecule has 2 aromatic heterocycles. The Bertz CT molecular complexity index is 454. The number of nitrogens with one attached hydrogen (secondary N) is 1. The molecule has 0 aliphatic heterocycles. The normalized spacial score (nSPS) is 11.7. The molecule has 2 aromatic rings. The van der Waals surface area contributed by atoms with Crippen LogP contribution in [0.1, 0.15) is 26.3 Å². The van der Waals surface area contributed by atoms with Crippen molar-refractivity contribution in [2.45, 2.75) is 32.9 Å². The second-order valence-electron chi connectivity index (χ2n) is 5.00. The molecule has 0 aromatic carbocycles. The van der Waals surface area contributed by atoms with Crippen LogP contribution in [0.3, 0.4) is 0 Å². The maximum atomic E-state index is 5.23. The van der Waals surface area contributed by atoms with E-state index in [2.05, 4.69) is 36.1 Å². The summed E-state index contributed by atoms with van der Waals surface area (Å²) in [6.07, 6.45) is 5.26. The van der Waals surface area contributed by atoms with E-state index in [4.69, 9.17) is 4.42 Å². The van der Waals surface area contributed by atoms with Crippen molar-refractivity contribution in [2.75, 3.05) is 0 Å². The Morgan fingerprint density at radius 3 is 2.47 bits per heavy atom. The molecule has 0 aliphatic carbocycles. The first-order chi connectivity index (χ1) is 8.04. The third-order valence-electron chi connectivity index (χ3n) is 2.27. The van der Waals surface area contributed by atoms with Gasteiger partial charge in [0.25, 0.3) is 0 Å². The fourth-order valence-corrected chi connectivity index (χ4v) is 1.35. The van der Waals surface area contributed by atoms with Crippen LogP contribution in [0.2, 0.25) is 0 Å². The van der Waals surface area contributed by atoms with E-state index >= 15 is 0 Å². The highest BCUT2D eigenvalue weighted by Crippen LogP contribution is 2.14. The highest BCUT2D eigenvalue weighted by Gasteiger charge is 2.09. The van der Waals surface area contributed by atoms with Gasteiger partial charge in [0.05, 0.1) is 6.26 Å². The van der Waals surface area contributed by atoms with E-state index in [-0.39, 0.29) is 5.54 Å². The zero-order chi connectivity index (χ0) is 12.3. The van der Waals surface area contributed by atoms with Gasteiger partial charge < -0.3 is 9.73 Å². The van der Waals surface area contributed by atoms with Gasteiger partial charge in [0, 0.05) is 30.0 Å². The minimum Gasteiger partial charge on any atom is -0.461 e. The summed E-state index contributed by atoms with van der Waals surface area (Å²) in [5, 5.41) is 3.39. The van der Waals surface area contributed by atoms with E-state index in [1.165, 1.54) is 0 Å². The third-order valence-corrected chi connectivity index (χ3v) is 2.27. The van der Waals surface area contributed by atoms with Crippen LogP contribution in [0, 0.1) is 0 Å². The molecule has 4 heteroatoms. The summed E-state index contributed by atoms with van der Waals surface area (Å²) in [6, 6.07) is 3.68. The molecule has 4 nitrogen and oxygen atoms in total. The second kappa shape index (κ2) is 4.67. The Morgan fingerprint density at radius 2 is 1.94 bits per heavy atom. The largest absolute Gasteiger partial charge is 0.461 e. The standard InChI is InChI=1S/C13H17N3O/c1-13(2,3)16-9-10-7-14-12(15-8-10)11-5-4-6-17-11/h4-8,16H,9H2,1-3H3. The van der Waals surface area contributed by atoms with Gasteiger partial charge in [-0.3, -0.25) is 0 Å². The molecule has 0 atom stereocenters. The molecule has 0 bridgehead atoms. The maximum absolute atomic E-state index is 5.23. The number of aromatic nitrogens is 2. The van der Waals surface area contributed by atoms with Crippen LogP contribution < -0.4 is 5.32 Å². The van der Waals surface area contributed by atoms with Gasteiger partial charge in [-0.2, -0.15) is 0 Å². The van der Waals surface area contributed by atoms with E-state index < -0.39 is 0 Å². The molecule has 0 amide bonds. The zero-order valence-electron chi connectivity index (χ0n) is 10.4. The summed E-state index contributed by atoms with van der Waals surface area (Å²) in [6.45, 7) is 7.16. The predicted molar refractivity (Wildman–Crippen MR) is 66.3 cm³/mol. The van der Waals surface area contributed by atoms with Gasteiger partial charge in [0.2, 0.25) is 0 Å². The van der Waals surface area contributed by atoms with Crippen molar-refractivity contribution in [1.29, 1.82) is 0 Å². The van der Waals surface area contributed by atoms with Crippen LogP contribution >= 0.6 is 0 Å². The van der Waals surface area contributed by atoms with Gasteiger partial charge in [0.15, 0.2) is 11.6 Å². The van der Waals surface area contributed by atoms with Crippen LogP contribution in [0.15, 0.2) is 35.2 Å². The molecule has 0 saturated heterocycles. The minimum absolute atomic E-state index is 0.0969. The fourth-order valence-electron chi connectivity index (χ4n) is 1.35. The molecule has 1 N–H and O–H groups in total. The predicted octanol–water partition coefficient (Wildman–Crippen LogP) is 2.62. The third kappa shape index (κ3) is 3.39. The monoisotopic (exact) mass is 231 g/mol. The van der Waals surface area contributed by atoms with Gasteiger partial charge >= 0.3 is 0 Å². The molecule has 0 aliphatic rings. The lowest BCUT2D eigenvalue weighted by molar-refractivity contribution is 0.423. The van der Waals surface area contributed by atoms with E-state index in [9.17, 15) is 0 Å². The first kappa shape index (κ1) is 11.8. The lowest BCUT2D eigenvalue weighted by atomic mass is 10.1. The molecule has 0 fully saturated rings. The van der Waals surface area contributed by atoms with E-state index in [1.807, 2.05) is 24.5 Å². The lowest BCUT2D eigenvalue weighted by Gasteiger charge is -2.20. The van der Waals surface area contributed by atoms with E-state index in [0.717, 1.165) is 12.1 Å². The van der Waals surface area contributed by atoms with Crippen molar-refractivity contribution in [3.05, 3.63) is 36.4 Å². The lowest BCUT2D eigenvalue weighted by Crippen LogP contribution is -2.35. The van der Waals surface area contributed by atoms with Crippen LogP contribution in [-0.2, 0) is 6.54 Å². The Labute approximate surface area is 101 Å². The van der Waals surface area contributed by atoms with Crippen molar-refractivity contribution < 1.29 is 4.42 Å². The Hall–Kier alpha value is -1.68. The Balaban J connectivity index is 2.04. The molecular formula is C13H17N3O. The first-order valence-corrected chi connectivity index (χ1v) is 5.64. The fraction of sp³-hybridized carbons (Fsp3) is 0.385. The van der Waals surface area contributed by atoms with Crippen molar-refractivity contribution >= 4 is 0 Å². The van der Waals surface area contributed by atoms with Gasteiger partial charge in [-0.15, -0.1) is 0 Å². The molecule has 90 valence electrons. The van der Waals surface area contributed by atoms with E-state index in [0.29, 0.717) is 11.6 Å². The Morgan fingerprint density at radius 1 is 1.24 bits per heavy atom. The number of hydrogen-bond acceptors (Lipinski definition) is 4.